The highest BCUT2D eigenvalue weighted by Crippen LogP contribution is 2.39. The van der Waals surface area contributed by atoms with Gasteiger partial charge in [-0.3, -0.25) is 4.98 Å². The van der Waals surface area contributed by atoms with Crippen LogP contribution in [0.2, 0.25) is 5.02 Å². The maximum Gasteiger partial charge on any atom is 0.139 e. The Morgan fingerprint density at radius 3 is 2.45 bits per heavy atom. The predicted octanol–water partition coefficient (Wildman–Crippen LogP) is 4.20. The summed E-state index contributed by atoms with van der Waals surface area (Å²) >= 11 is 6.15. The number of rotatable bonds is 2. The van der Waals surface area contributed by atoms with Crippen LogP contribution in [0.5, 0.6) is 0 Å². The van der Waals surface area contributed by atoms with Crippen LogP contribution in [0.25, 0.3) is 0 Å². The van der Waals surface area contributed by atoms with Crippen LogP contribution in [0.1, 0.15) is 18.4 Å². The molecule has 4 heteroatoms. The lowest BCUT2D eigenvalue weighted by atomic mass is 9.86. The molecule has 0 aliphatic carbocycles. The summed E-state index contributed by atoms with van der Waals surface area (Å²) in [6, 6.07) is 11.3. The summed E-state index contributed by atoms with van der Waals surface area (Å²) in [6.45, 7) is 1.32. The Kier molecular flexibility index (Phi) is 3.62. The Hall–Kier alpha value is -1.61. The third-order valence-electron chi connectivity index (χ3n) is 3.94. The summed E-state index contributed by atoms with van der Waals surface area (Å²) in [4.78, 5) is 6.11. The van der Waals surface area contributed by atoms with Gasteiger partial charge >= 0.3 is 0 Å². The average molecular weight is 291 g/mol. The molecule has 2 nitrogen and oxygen atoms in total. The third kappa shape index (κ3) is 2.50. The van der Waals surface area contributed by atoms with Crippen molar-refractivity contribution in [2.45, 2.75) is 18.5 Å². The van der Waals surface area contributed by atoms with E-state index in [1.54, 1.807) is 12.4 Å². The molecule has 1 aromatic carbocycles. The van der Waals surface area contributed by atoms with Gasteiger partial charge in [0.15, 0.2) is 0 Å². The largest absolute Gasteiger partial charge is 0.370 e. The molecule has 3 rings (SSSR count). The number of aromatic nitrogens is 1. The molecule has 0 atom stereocenters. The summed E-state index contributed by atoms with van der Waals surface area (Å²) in [5.41, 5.74) is 0.495. The van der Waals surface area contributed by atoms with Crippen molar-refractivity contribution in [1.82, 2.24) is 4.98 Å². The first kappa shape index (κ1) is 13.4. The van der Waals surface area contributed by atoms with Crippen LogP contribution in [0, 0.1) is 0 Å². The molecule has 0 amide bonds. The number of hydrogen-bond acceptors (Lipinski definition) is 2. The number of alkyl halides is 1. The van der Waals surface area contributed by atoms with Gasteiger partial charge in [0.1, 0.15) is 5.67 Å². The fraction of sp³-hybridized carbons (Fsp3) is 0.312. The van der Waals surface area contributed by atoms with Crippen LogP contribution in [0.4, 0.5) is 10.1 Å². The van der Waals surface area contributed by atoms with Crippen molar-refractivity contribution in [3.8, 4) is 0 Å². The van der Waals surface area contributed by atoms with E-state index >= 15 is 4.39 Å². The lowest BCUT2D eigenvalue weighted by Crippen LogP contribution is -2.40. The number of pyridine rings is 1. The van der Waals surface area contributed by atoms with Gasteiger partial charge in [0.05, 0.1) is 10.7 Å². The van der Waals surface area contributed by atoms with Gasteiger partial charge in [0.2, 0.25) is 0 Å². The maximum absolute atomic E-state index is 15.0. The van der Waals surface area contributed by atoms with Gasteiger partial charge in [-0.25, -0.2) is 4.39 Å². The first-order chi connectivity index (χ1) is 9.69. The molecule has 0 unspecified atom stereocenters. The molecule has 20 heavy (non-hydrogen) atoms. The van der Waals surface area contributed by atoms with Crippen molar-refractivity contribution >= 4 is 17.3 Å². The molecule has 0 radical (unpaired) electrons. The predicted molar refractivity (Wildman–Crippen MR) is 79.9 cm³/mol. The average Bonchev–Trinajstić information content (AvgIpc) is 2.50. The molecule has 1 fully saturated rings. The molecule has 1 saturated heterocycles. The minimum Gasteiger partial charge on any atom is -0.370 e. The lowest BCUT2D eigenvalue weighted by molar-refractivity contribution is 0.125. The van der Waals surface area contributed by atoms with Crippen molar-refractivity contribution in [3.05, 3.63) is 59.4 Å². The van der Waals surface area contributed by atoms with E-state index in [1.165, 1.54) is 0 Å². The summed E-state index contributed by atoms with van der Waals surface area (Å²) in [7, 11) is 0. The zero-order chi connectivity index (χ0) is 14.0. The first-order valence-electron chi connectivity index (χ1n) is 6.78. The molecule has 2 aromatic rings. The van der Waals surface area contributed by atoms with E-state index in [-0.39, 0.29) is 0 Å². The standard InChI is InChI=1S/C16H16ClFN2/c17-14-12-19-9-6-15(14)20-10-7-16(18,8-11-20)13-4-2-1-3-5-13/h1-6,9,12H,7-8,10-11H2. The molecule has 0 saturated carbocycles. The molecule has 0 spiro atoms. The second-order valence-corrected chi connectivity index (χ2v) is 5.55. The van der Waals surface area contributed by atoms with Crippen molar-refractivity contribution in [2.75, 3.05) is 18.0 Å². The molecule has 104 valence electrons. The Bertz CT molecular complexity index is 580. The fourth-order valence-corrected chi connectivity index (χ4v) is 2.99. The second kappa shape index (κ2) is 5.41. The minimum absolute atomic E-state index is 0.482. The second-order valence-electron chi connectivity index (χ2n) is 5.15. The van der Waals surface area contributed by atoms with Crippen LogP contribution in [-0.4, -0.2) is 18.1 Å². The SMILES string of the molecule is FC1(c2ccccc2)CCN(c2ccncc2Cl)CC1. The number of halogens is 2. The third-order valence-corrected chi connectivity index (χ3v) is 4.23. The van der Waals surface area contributed by atoms with Gasteiger partial charge in [-0.1, -0.05) is 41.9 Å². The quantitative estimate of drug-likeness (QED) is 0.824. The minimum atomic E-state index is -1.22. The highest BCUT2D eigenvalue weighted by molar-refractivity contribution is 6.33. The van der Waals surface area contributed by atoms with Crippen LogP contribution in [0.3, 0.4) is 0 Å². The van der Waals surface area contributed by atoms with Gasteiger partial charge in [-0.15, -0.1) is 0 Å². The zero-order valence-electron chi connectivity index (χ0n) is 11.1. The maximum atomic E-state index is 15.0. The number of hydrogen-bond donors (Lipinski definition) is 0. The van der Waals surface area contributed by atoms with Crippen molar-refractivity contribution in [1.29, 1.82) is 0 Å². The van der Waals surface area contributed by atoms with Crippen molar-refractivity contribution < 1.29 is 4.39 Å². The van der Waals surface area contributed by atoms with E-state index in [9.17, 15) is 0 Å². The Labute approximate surface area is 123 Å². The van der Waals surface area contributed by atoms with Crippen LogP contribution < -0.4 is 4.90 Å². The van der Waals surface area contributed by atoms with E-state index in [1.807, 2.05) is 36.4 Å². The number of benzene rings is 1. The molecular formula is C16H16ClFN2. The monoisotopic (exact) mass is 290 g/mol. The molecule has 1 aliphatic heterocycles. The molecule has 2 heterocycles. The zero-order valence-corrected chi connectivity index (χ0v) is 11.9. The highest BCUT2D eigenvalue weighted by Gasteiger charge is 2.36. The normalized spacial score (nSPS) is 18.0. The number of anilines is 1. The summed E-state index contributed by atoms with van der Waals surface area (Å²) in [6.07, 6.45) is 4.31. The molecule has 0 N–H and O–H groups in total. The van der Waals surface area contributed by atoms with Crippen LogP contribution in [0.15, 0.2) is 48.8 Å². The molecular weight excluding hydrogens is 275 g/mol. The van der Waals surface area contributed by atoms with Gasteiger partial charge in [0.25, 0.3) is 0 Å². The topological polar surface area (TPSA) is 16.1 Å². The van der Waals surface area contributed by atoms with Gasteiger partial charge in [-0.05, 0) is 11.6 Å². The van der Waals surface area contributed by atoms with Gasteiger partial charge in [0, 0.05) is 38.3 Å². The highest BCUT2D eigenvalue weighted by atomic mass is 35.5. The van der Waals surface area contributed by atoms with E-state index in [4.69, 9.17) is 11.6 Å². The van der Waals surface area contributed by atoms with Crippen LogP contribution >= 0.6 is 11.6 Å². The molecule has 1 aromatic heterocycles. The Morgan fingerprint density at radius 2 is 1.80 bits per heavy atom. The van der Waals surface area contributed by atoms with Crippen molar-refractivity contribution in [2.24, 2.45) is 0 Å². The van der Waals surface area contributed by atoms with Gasteiger partial charge < -0.3 is 4.90 Å². The Balaban J connectivity index is 1.76. The molecule has 1 aliphatic rings. The van der Waals surface area contributed by atoms with E-state index in [2.05, 4.69) is 9.88 Å². The first-order valence-corrected chi connectivity index (χ1v) is 7.16. The van der Waals surface area contributed by atoms with Gasteiger partial charge in [-0.2, -0.15) is 0 Å². The fourth-order valence-electron chi connectivity index (χ4n) is 2.75. The summed E-state index contributed by atoms with van der Waals surface area (Å²) < 4.78 is 15.0. The number of nitrogens with zero attached hydrogens (tertiary/aromatic N) is 2. The lowest BCUT2D eigenvalue weighted by Gasteiger charge is -2.38. The van der Waals surface area contributed by atoms with E-state index in [0.717, 1.165) is 11.3 Å². The summed E-state index contributed by atoms with van der Waals surface area (Å²) in [5, 5.41) is 0.624. The smallest absolute Gasteiger partial charge is 0.139 e. The number of piperidine rings is 1. The van der Waals surface area contributed by atoms with Crippen molar-refractivity contribution in [3.63, 3.8) is 0 Å². The van der Waals surface area contributed by atoms with E-state index in [0.29, 0.717) is 31.0 Å². The Morgan fingerprint density at radius 1 is 1.10 bits per heavy atom. The summed E-state index contributed by atoms with van der Waals surface area (Å²) in [5.74, 6) is 0. The van der Waals surface area contributed by atoms with E-state index < -0.39 is 5.67 Å². The molecule has 0 bridgehead atoms. The van der Waals surface area contributed by atoms with Crippen LogP contribution in [-0.2, 0) is 5.67 Å².